The van der Waals surface area contributed by atoms with Crippen molar-refractivity contribution in [2.24, 2.45) is 0 Å². The summed E-state index contributed by atoms with van der Waals surface area (Å²) in [4.78, 5) is 14.5. The standard InChI is InChI=1S/C15H19BrFNO2/c1-20-13-8-4-7-12(17)14(13)15(19)18(10-9-16)11-5-2-3-6-11/h4,7-8,11H,2-3,5-6,9-10H2,1H3. The van der Waals surface area contributed by atoms with Gasteiger partial charge in [-0.25, -0.2) is 4.39 Å². The van der Waals surface area contributed by atoms with Crippen molar-refractivity contribution in [3.05, 3.63) is 29.6 Å². The highest BCUT2D eigenvalue weighted by Gasteiger charge is 2.30. The van der Waals surface area contributed by atoms with Gasteiger partial charge < -0.3 is 9.64 Å². The molecule has 0 N–H and O–H groups in total. The molecule has 110 valence electrons. The highest BCUT2D eigenvalue weighted by molar-refractivity contribution is 9.09. The van der Waals surface area contributed by atoms with E-state index < -0.39 is 5.82 Å². The summed E-state index contributed by atoms with van der Waals surface area (Å²) in [5.41, 5.74) is 0.0443. The highest BCUT2D eigenvalue weighted by atomic mass is 79.9. The van der Waals surface area contributed by atoms with Gasteiger partial charge in [0.2, 0.25) is 0 Å². The third kappa shape index (κ3) is 3.14. The zero-order valence-corrected chi connectivity index (χ0v) is 13.2. The number of nitrogens with zero attached hydrogens (tertiary/aromatic N) is 1. The number of rotatable bonds is 5. The van der Waals surface area contributed by atoms with Crippen LogP contribution in [0.5, 0.6) is 5.75 Å². The van der Waals surface area contributed by atoms with Crippen molar-refractivity contribution < 1.29 is 13.9 Å². The van der Waals surface area contributed by atoms with Crippen LogP contribution in [-0.4, -0.2) is 35.8 Å². The number of hydrogen-bond donors (Lipinski definition) is 0. The van der Waals surface area contributed by atoms with Gasteiger partial charge in [0, 0.05) is 17.9 Å². The molecule has 0 bridgehead atoms. The van der Waals surface area contributed by atoms with Crippen LogP contribution >= 0.6 is 15.9 Å². The van der Waals surface area contributed by atoms with Crippen LogP contribution in [0.15, 0.2) is 18.2 Å². The molecule has 0 aromatic heterocycles. The summed E-state index contributed by atoms with van der Waals surface area (Å²) in [7, 11) is 1.45. The van der Waals surface area contributed by atoms with E-state index in [-0.39, 0.29) is 17.5 Å². The predicted molar refractivity (Wildman–Crippen MR) is 80.0 cm³/mol. The summed E-state index contributed by atoms with van der Waals surface area (Å²) in [5, 5.41) is 0.687. The van der Waals surface area contributed by atoms with Gasteiger partial charge in [0.25, 0.3) is 5.91 Å². The molecule has 0 heterocycles. The molecule has 1 aliphatic carbocycles. The molecule has 0 atom stereocenters. The first-order valence-electron chi connectivity index (χ1n) is 6.88. The molecule has 1 saturated carbocycles. The Labute approximate surface area is 127 Å². The van der Waals surface area contributed by atoms with E-state index in [0.717, 1.165) is 25.7 Å². The fourth-order valence-electron chi connectivity index (χ4n) is 2.78. The summed E-state index contributed by atoms with van der Waals surface area (Å²) in [6, 6.07) is 4.69. The van der Waals surface area contributed by atoms with Crippen LogP contribution in [0.4, 0.5) is 4.39 Å². The number of halogens is 2. The number of hydrogen-bond acceptors (Lipinski definition) is 2. The van der Waals surface area contributed by atoms with Crippen molar-refractivity contribution in [3.63, 3.8) is 0 Å². The maximum absolute atomic E-state index is 14.0. The van der Waals surface area contributed by atoms with Crippen molar-refractivity contribution in [1.29, 1.82) is 0 Å². The second-order valence-electron chi connectivity index (χ2n) is 4.94. The number of methoxy groups -OCH3 is 1. The molecule has 1 fully saturated rings. The molecule has 2 rings (SSSR count). The molecule has 0 saturated heterocycles. The van der Waals surface area contributed by atoms with Gasteiger partial charge in [0.1, 0.15) is 17.1 Å². The van der Waals surface area contributed by atoms with Gasteiger partial charge in [-0.2, -0.15) is 0 Å². The van der Waals surface area contributed by atoms with Crippen LogP contribution in [0.3, 0.4) is 0 Å². The van der Waals surface area contributed by atoms with Crippen LogP contribution in [0.2, 0.25) is 0 Å². The van der Waals surface area contributed by atoms with Gasteiger partial charge in [-0.3, -0.25) is 4.79 Å². The number of amides is 1. The molecule has 3 nitrogen and oxygen atoms in total. The Kier molecular flexibility index (Phi) is 5.40. The van der Waals surface area contributed by atoms with Crippen molar-refractivity contribution in [2.75, 3.05) is 19.0 Å². The molecule has 0 spiro atoms. The third-order valence-electron chi connectivity index (χ3n) is 3.76. The summed E-state index contributed by atoms with van der Waals surface area (Å²) < 4.78 is 19.2. The van der Waals surface area contributed by atoms with Crippen molar-refractivity contribution in [1.82, 2.24) is 4.90 Å². The van der Waals surface area contributed by atoms with Crippen molar-refractivity contribution in [2.45, 2.75) is 31.7 Å². The number of ether oxygens (including phenoxy) is 1. The lowest BCUT2D eigenvalue weighted by Crippen LogP contribution is -2.40. The van der Waals surface area contributed by atoms with Gasteiger partial charge in [0.15, 0.2) is 0 Å². The summed E-state index contributed by atoms with van der Waals surface area (Å²) in [5.74, 6) is -0.495. The Bertz CT molecular complexity index is 475. The minimum absolute atomic E-state index is 0.0443. The van der Waals surface area contributed by atoms with E-state index in [1.54, 1.807) is 17.0 Å². The Hall–Kier alpha value is -1.10. The van der Waals surface area contributed by atoms with Gasteiger partial charge >= 0.3 is 0 Å². The molecule has 0 aliphatic heterocycles. The van der Waals surface area contributed by atoms with E-state index in [0.29, 0.717) is 17.6 Å². The van der Waals surface area contributed by atoms with Crippen LogP contribution in [0, 0.1) is 5.82 Å². The van der Waals surface area contributed by atoms with Gasteiger partial charge in [-0.1, -0.05) is 34.8 Å². The van der Waals surface area contributed by atoms with E-state index in [1.807, 2.05) is 0 Å². The Balaban J connectivity index is 2.31. The fraction of sp³-hybridized carbons (Fsp3) is 0.533. The Morgan fingerprint density at radius 2 is 2.15 bits per heavy atom. The van der Waals surface area contributed by atoms with E-state index in [4.69, 9.17) is 4.74 Å². The zero-order chi connectivity index (χ0) is 14.5. The van der Waals surface area contributed by atoms with Crippen LogP contribution in [-0.2, 0) is 0 Å². The van der Waals surface area contributed by atoms with Gasteiger partial charge in [-0.05, 0) is 25.0 Å². The van der Waals surface area contributed by atoms with Crippen molar-refractivity contribution >= 4 is 21.8 Å². The van der Waals surface area contributed by atoms with Gasteiger partial charge in [0.05, 0.1) is 7.11 Å². The minimum atomic E-state index is -0.521. The molecule has 1 aromatic rings. The second kappa shape index (κ2) is 7.07. The number of alkyl halides is 1. The molecule has 1 aliphatic rings. The molecular formula is C15H19BrFNO2. The van der Waals surface area contributed by atoms with E-state index >= 15 is 0 Å². The van der Waals surface area contributed by atoms with Crippen LogP contribution in [0.1, 0.15) is 36.0 Å². The lowest BCUT2D eigenvalue weighted by molar-refractivity contribution is 0.0688. The predicted octanol–water partition coefficient (Wildman–Crippen LogP) is 3.61. The number of benzene rings is 1. The summed E-state index contributed by atoms with van der Waals surface area (Å²) in [6.07, 6.45) is 4.25. The maximum atomic E-state index is 14.0. The smallest absolute Gasteiger partial charge is 0.260 e. The van der Waals surface area contributed by atoms with E-state index in [1.165, 1.54) is 13.2 Å². The van der Waals surface area contributed by atoms with Crippen LogP contribution in [0.25, 0.3) is 0 Å². The molecular weight excluding hydrogens is 325 g/mol. The maximum Gasteiger partial charge on any atom is 0.260 e. The first-order chi connectivity index (χ1) is 9.69. The highest BCUT2D eigenvalue weighted by Crippen LogP contribution is 2.28. The topological polar surface area (TPSA) is 29.5 Å². The zero-order valence-electron chi connectivity index (χ0n) is 11.6. The average molecular weight is 344 g/mol. The molecule has 0 unspecified atom stereocenters. The Morgan fingerprint density at radius 1 is 1.45 bits per heavy atom. The molecule has 5 heteroatoms. The Morgan fingerprint density at radius 3 is 2.75 bits per heavy atom. The normalized spacial score (nSPS) is 15.3. The quantitative estimate of drug-likeness (QED) is 0.764. The first-order valence-corrected chi connectivity index (χ1v) is 8.00. The summed E-state index contributed by atoms with van der Waals surface area (Å²) in [6.45, 7) is 0.584. The van der Waals surface area contributed by atoms with Gasteiger partial charge in [-0.15, -0.1) is 0 Å². The van der Waals surface area contributed by atoms with Crippen molar-refractivity contribution in [3.8, 4) is 5.75 Å². The largest absolute Gasteiger partial charge is 0.496 e. The average Bonchev–Trinajstić information content (AvgIpc) is 2.97. The minimum Gasteiger partial charge on any atom is -0.496 e. The monoisotopic (exact) mass is 343 g/mol. The summed E-state index contributed by atoms with van der Waals surface area (Å²) >= 11 is 3.37. The lowest BCUT2D eigenvalue weighted by Gasteiger charge is -2.29. The molecule has 0 radical (unpaired) electrons. The molecule has 1 amide bonds. The number of carbonyl (C=O) groups excluding carboxylic acids is 1. The lowest BCUT2D eigenvalue weighted by atomic mass is 10.1. The van der Waals surface area contributed by atoms with Crippen LogP contribution < -0.4 is 4.74 Å². The second-order valence-corrected chi connectivity index (χ2v) is 5.74. The first kappa shape index (κ1) is 15.3. The SMILES string of the molecule is COc1cccc(F)c1C(=O)N(CCBr)C1CCCC1. The van der Waals surface area contributed by atoms with E-state index in [2.05, 4.69) is 15.9 Å². The third-order valence-corrected chi connectivity index (χ3v) is 4.12. The van der Waals surface area contributed by atoms with E-state index in [9.17, 15) is 9.18 Å². The fourth-order valence-corrected chi connectivity index (χ4v) is 3.16. The molecule has 1 aromatic carbocycles. The number of carbonyl (C=O) groups is 1. The molecule has 20 heavy (non-hydrogen) atoms.